The molecule has 0 aliphatic carbocycles. The number of rotatable bonds is 2. The van der Waals surface area contributed by atoms with E-state index in [1.807, 2.05) is 0 Å². The van der Waals surface area contributed by atoms with E-state index in [1.165, 1.54) is 0 Å². The summed E-state index contributed by atoms with van der Waals surface area (Å²) in [5.41, 5.74) is 4.92. The van der Waals surface area contributed by atoms with Gasteiger partial charge in [0.25, 0.3) is 0 Å². The fraction of sp³-hybridized carbons (Fsp3) is 0.400. The van der Waals surface area contributed by atoms with Crippen LogP contribution in [0.25, 0.3) is 0 Å². The molecule has 2 N–H and O–H groups in total. The molecule has 0 aromatic carbocycles. The zero-order valence-electron chi connectivity index (χ0n) is 5.46. The molecule has 60 valence electrons. The van der Waals surface area contributed by atoms with E-state index in [9.17, 15) is 9.18 Å². The Bertz CT molecular complexity index is 140. The van der Waals surface area contributed by atoms with Crippen LogP contribution >= 0.6 is 12.4 Å². The number of hydrogen-bond donors (Lipinski definition) is 1. The maximum absolute atomic E-state index is 11.9. The maximum atomic E-state index is 11.9. The number of halogens is 2. The second-order valence-electron chi connectivity index (χ2n) is 1.45. The summed E-state index contributed by atoms with van der Waals surface area (Å²) in [6.45, 7) is 2.83. The van der Waals surface area contributed by atoms with Crippen molar-refractivity contribution in [3.63, 3.8) is 0 Å². The smallest absolute Gasteiger partial charge is 0.329 e. The molecular weight excluding hydrogens is 161 g/mol. The second-order valence-corrected chi connectivity index (χ2v) is 1.45. The van der Waals surface area contributed by atoms with E-state index in [-0.39, 0.29) is 12.4 Å². The molecule has 0 saturated carbocycles. The van der Waals surface area contributed by atoms with Gasteiger partial charge in [-0.15, -0.1) is 12.4 Å². The molecule has 10 heavy (non-hydrogen) atoms. The van der Waals surface area contributed by atoms with Gasteiger partial charge >= 0.3 is 5.97 Å². The van der Waals surface area contributed by atoms with Crippen molar-refractivity contribution in [2.24, 2.45) is 5.73 Å². The van der Waals surface area contributed by atoms with Gasteiger partial charge in [-0.3, -0.25) is 0 Å². The van der Waals surface area contributed by atoms with E-state index < -0.39 is 17.8 Å². The molecule has 0 saturated heterocycles. The molecule has 0 heterocycles. The van der Waals surface area contributed by atoms with Gasteiger partial charge in [0.1, 0.15) is 5.83 Å². The van der Waals surface area contributed by atoms with Crippen LogP contribution in [0.1, 0.15) is 0 Å². The maximum Gasteiger partial charge on any atom is 0.329 e. The summed E-state index contributed by atoms with van der Waals surface area (Å²) in [5, 5.41) is 0. The van der Waals surface area contributed by atoms with Crippen molar-refractivity contribution in [2.45, 2.75) is 6.04 Å². The highest BCUT2D eigenvalue weighted by Gasteiger charge is 2.16. The molecule has 1 unspecified atom stereocenters. The molecule has 0 aromatic heterocycles. The van der Waals surface area contributed by atoms with Crippen molar-refractivity contribution in [3.05, 3.63) is 12.4 Å². The lowest BCUT2D eigenvalue weighted by Crippen LogP contribution is -2.31. The molecule has 0 fully saturated rings. The van der Waals surface area contributed by atoms with Crippen LogP contribution in [0.15, 0.2) is 12.4 Å². The highest BCUT2D eigenvalue weighted by molar-refractivity contribution is 5.85. The van der Waals surface area contributed by atoms with Gasteiger partial charge in [0.15, 0.2) is 6.04 Å². The molecule has 0 bridgehead atoms. The monoisotopic (exact) mass is 169 g/mol. The topological polar surface area (TPSA) is 52.3 Å². The lowest BCUT2D eigenvalue weighted by atomic mass is 10.3. The average molecular weight is 170 g/mol. The fourth-order valence-corrected chi connectivity index (χ4v) is 0.255. The Morgan fingerprint density at radius 1 is 1.80 bits per heavy atom. The number of carbonyl (C=O) groups excluding carboxylic acids is 1. The lowest BCUT2D eigenvalue weighted by molar-refractivity contribution is -0.141. The Kier molecular flexibility index (Phi) is 6.29. The highest BCUT2D eigenvalue weighted by atomic mass is 35.5. The number of methoxy groups -OCH3 is 1. The van der Waals surface area contributed by atoms with Crippen molar-refractivity contribution in [3.8, 4) is 0 Å². The largest absolute Gasteiger partial charge is 0.468 e. The molecule has 0 amide bonds. The number of nitrogens with two attached hydrogens (primary N) is 1. The first-order chi connectivity index (χ1) is 4.09. The van der Waals surface area contributed by atoms with Crippen molar-refractivity contribution in [1.29, 1.82) is 0 Å². The first kappa shape index (κ1) is 12.1. The highest BCUT2D eigenvalue weighted by Crippen LogP contribution is 1.97. The SMILES string of the molecule is C=C(F)C(N)C(=O)OC.Cl. The number of carbonyl (C=O) groups is 1. The molecule has 3 nitrogen and oxygen atoms in total. The third kappa shape index (κ3) is 3.42. The molecule has 0 rings (SSSR count). The van der Waals surface area contributed by atoms with Crippen LogP contribution < -0.4 is 5.73 Å². The molecule has 0 aliphatic heterocycles. The number of hydrogen-bond acceptors (Lipinski definition) is 3. The standard InChI is InChI=1S/C5H8FNO2.ClH/c1-3(6)4(7)5(8)9-2;/h4H,1,7H2,2H3;1H. The summed E-state index contributed by atoms with van der Waals surface area (Å²) in [6.07, 6.45) is 0. The molecule has 1 atom stereocenters. The summed E-state index contributed by atoms with van der Waals surface area (Å²) in [4.78, 5) is 10.3. The van der Waals surface area contributed by atoms with Crippen LogP contribution in [0.3, 0.4) is 0 Å². The van der Waals surface area contributed by atoms with Crippen LogP contribution in [-0.2, 0) is 9.53 Å². The summed E-state index contributed by atoms with van der Waals surface area (Å²) >= 11 is 0. The minimum Gasteiger partial charge on any atom is -0.468 e. The number of esters is 1. The third-order valence-electron chi connectivity index (χ3n) is 0.793. The van der Waals surface area contributed by atoms with Crippen molar-refractivity contribution in [1.82, 2.24) is 0 Å². The summed E-state index contributed by atoms with van der Waals surface area (Å²) < 4.78 is 16.0. The fourth-order valence-electron chi connectivity index (χ4n) is 0.255. The van der Waals surface area contributed by atoms with Crippen LogP contribution in [0, 0.1) is 0 Å². The van der Waals surface area contributed by atoms with Gasteiger partial charge in [-0.05, 0) is 0 Å². The van der Waals surface area contributed by atoms with E-state index in [1.54, 1.807) is 0 Å². The van der Waals surface area contributed by atoms with Gasteiger partial charge in [0.2, 0.25) is 0 Å². The second kappa shape index (κ2) is 5.20. The Morgan fingerprint density at radius 2 is 2.20 bits per heavy atom. The van der Waals surface area contributed by atoms with E-state index in [0.717, 1.165) is 7.11 Å². The predicted molar refractivity (Wildman–Crippen MR) is 37.5 cm³/mol. The Hall–Kier alpha value is -0.610. The summed E-state index contributed by atoms with van der Waals surface area (Å²) in [7, 11) is 1.13. The van der Waals surface area contributed by atoms with Gasteiger partial charge in [0.05, 0.1) is 7.11 Å². The Labute approximate surface area is 64.4 Å². The Morgan fingerprint density at radius 3 is 2.30 bits per heavy atom. The predicted octanol–water partition coefficient (Wildman–Crippen LogP) is 0.392. The van der Waals surface area contributed by atoms with E-state index in [2.05, 4.69) is 11.3 Å². The van der Waals surface area contributed by atoms with Crippen LogP contribution in [0.5, 0.6) is 0 Å². The minimum atomic E-state index is -1.34. The lowest BCUT2D eigenvalue weighted by Gasteiger charge is -2.03. The first-order valence-electron chi connectivity index (χ1n) is 2.27. The quantitative estimate of drug-likeness (QED) is 0.609. The van der Waals surface area contributed by atoms with Crippen LogP contribution in [-0.4, -0.2) is 19.1 Å². The van der Waals surface area contributed by atoms with Crippen molar-refractivity contribution in [2.75, 3.05) is 7.11 Å². The normalized spacial score (nSPS) is 11.1. The summed E-state index contributed by atoms with van der Waals surface area (Å²) in [6, 6.07) is -1.34. The molecule has 0 aromatic rings. The van der Waals surface area contributed by atoms with Gasteiger partial charge in [0, 0.05) is 0 Å². The molecule has 0 radical (unpaired) electrons. The minimum absolute atomic E-state index is 0. The van der Waals surface area contributed by atoms with Gasteiger partial charge < -0.3 is 10.5 Å². The van der Waals surface area contributed by atoms with Crippen LogP contribution in [0.2, 0.25) is 0 Å². The van der Waals surface area contributed by atoms with Gasteiger partial charge in [-0.1, -0.05) is 6.58 Å². The first-order valence-corrected chi connectivity index (χ1v) is 2.27. The average Bonchev–Trinajstić information content (AvgIpc) is 1.84. The van der Waals surface area contributed by atoms with Crippen LogP contribution in [0.4, 0.5) is 4.39 Å². The van der Waals surface area contributed by atoms with Crippen molar-refractivity contribution >= 4 is 18.4 Å². The zero-order chi connectivity index (χ0) is 7.44. The van der Waals surface area contributed by atoms with E-state index in [0.29, 0.717) is 0 Å². The molecular formula is C5H9ClFNO2. The van der Waals surface area contributed by atoms with E-state index >= 15 is 0 Å². The zero-order valence-corrected chi connectivity index (χ0v) is 6.28. The molecule has 5 heteroatoms. The van der Waals surface area contributed by atoms with E-state index in [4.69, 9.17) is 5.73 Å². The van der Waals surface area contributed by atoms with Gasteiger partial charge in [-0.2, -0.15) is 0 Å². The summed E-state index contributed by atoms with van der Waals surface area (Å²) in [5.74, 6) is -1.70. The van der Waals surface area contributed by atoms with Gasteiger partial charge in [-0.25, -0.2) is 9.18 Å². The Balaban J connectivity index is 0. The third-order valence-corrected chi connectivity index (χ3v) is 0.793. The molecule has 0 aliphatic rings. The van der Waals surface area contributed by atoms with Crippen molar-refractivity contribution < 1.29 is 13.9 Å². The molecule has 0 spiro atoms. The number of ether oxygens (including phenoxy) is 1.